The molecular weight excluding hydrogens is 306 g/mol. The number of nitrogens with zero attached hydrogens (tertiary/aromatic N) is 1. The van der Waals surface area contributed by atoms with Crippen molar-refractivity contribution in [3.8, 4) is 5.75 Å². The SMILES string of the molecule is CS(=O)(=O)Oc1ccccc1[C@H]1CC(C(=O)CCl)=NO1. The van der Waals surface area contributed by atoms with E-state index >= 15 is 0 Å². The van der Waals surface area contributed by atoms with Gasteiger partial charge in [0.2, 0.25) is 0 Å². The van der Waals surface area contributed by atoms with E-state index in [0.717, 1.165) is 6.26 Å². The summed E-state index contributed by atoms with van der Waals surface area (Å²) >= 11 is 5.45. The average molecular weight is 318 g/mol. The standard InChI is InChI=1S/C12H12ClNO5S/c1-20(16,17)19-11-5-3-2-4-8(11)12-6-9(14-18-12)10(15)7-13/h2-5,12H,6-7H2,1H3/t12-/m1/s1. The van der Waals surface area contributed by atoms with E-state index in [0.29, 0.717) is 5.56 Å². The minimum atomic E-state index is -3.64. The number of hydrogen-bond donors (Lipinski definition) is 0. The normalized spacial score (nSPS) is 18.3. The van der Waals surface area contributed by atoms with Crippen LogP contribution in [0.2, 0.25) is 0 Å². The number of carbonyl (C=O) groups excluding carboxylic acids is 1. The molecule has 0 bridgehead atoms. The monoisotopic (exact) mass is 317 g/mol. The predicted octanol–water partition coefficient (Wildman–Crippen LogP) is 1.65. The second-order valence-corrected chi connectivity index (χ2v) is 6.06. The summed E-state index contributed by atoms with van der Waals surface area (Å²) in [4.78, 5) is 16.6. The zero-order valence-electron chi connectivity index (χ0n) is 10.6. The Balaban J connectivity index is 2.21. The van der Waals surface area contributed by atoms with Gasteiger partial charge in [-0.3, -0.25) is 4.79 Å². The summed E-state index contributed by atoms with van der Waals surface area (Å²) in [5.74, 6) is -0.318. The number of halogens is 1. The maximum absolute atomic E-state index is 11.4. The predicted molar refractivity (Wildman–Crippen MR) is 73.5 cm³/mol. The molecule has 0 saturated carbocycles. The summed E-state index contributed by atoms with van der Waals surface area (Å²) in [7, 11) is -3.64. The highest BCUT2D eigenvalue weighted by Crippen LogP contribution is 2.34. The molecule has 6 nitrogen and oxygen atoms in total. The second-order valence-electron chi connectivity index (χ2n) is 4.22. The van der Waals surface area contributed by atoms with Crippen LogP contribution in [-0.4, -0.2) is 32.0 Å². The fraction of sp³-hybridized carbons (Fsp3) is 0.333. The van der Waals surface area contributed by atoms with Gasteiger partial charge in [-0.05, 0) is 6.07 Å². The first-order chi connectivity index (χ1) is 9.40. The quantitative estimate of drug-likeness (QED) is 0.609. The van der Waals surface area contributed by atoms with E-state index in [1.807, 2.05) is 0 Å². The molecular formula is C12H12ClNO5S. The molecule has 20 heavy (non-hydrogen) atoms. The first kappa shape index (κ1) is 14.8. The summed E-state index contributed by atoms with van der Waals surface area (Å²) in [6.07, 6.45) is 0.628. The minimum absolute atomic E-state index is 0.162. The van der Waals surface area contributed by atoms with Crippen molar-refractivity contribution >= 4 is 33.2 Å². The Labute approximate surface area is 121 Å². The molecule has 1 aliphatic heterocycles. The number of Topliss-reactive ketones (excluding diaryl/α,β-unsaturated/α-hetero) is 1. The topological polar surface area (TPSA) is 82.0 Å². The average Bonchev–Trinajstić information content (AvgIpc) is 2.86. The van der Waals surface area contributed by atoms with Crippen LogP contribution in [0.1, 0.15) is 18.1 Å². The molecule has 1 aromatic carbocycles. The highest BCUT2D eigenvalue weighted by Gasteiger charge is 2.29. The van der Waals surface area contributed by atoms with Crippen molar-refractivity contribution in [2.45, 2.75) is 12.5 Å². The molecule has 1 aromatic rings. The van der Waals surface area contributed by atoms with Gasteiger partial charge in [0, 0.05) is 12.0 Å². The fourth-order valence-electron chi connectivity index (χ4n) is 1.77. The maximum Gasteiger partial charge on any atom is 0.306 e. The second kappa shape index (κ2) is 5.80. The Kier molecular flexibility index (Phi) is 4.29. The van der Waals surface area contributed by atoms with Gasteiger partial charge >= 0.3 is 10.1 Å². The van der Waals surface area contributed by atoms with Crippen molar-refractivity contribution in [3.63, 3.8) is 0 Å². The van der Waals surface area contributed by atoms with Crippen molar-refractivity contribution in [2.24, 2.45) is 5.16 Å². The van der Waals surface area contributed by atoms with Gasteiger partial charge in [0.05, 0.1) is 12.1 Å². The third-order valence-electron chi connectivity index (χ3n) is 2.62. The van der Waals surface area contributed by atoms with Crippen LogP contribution >= 0.6 is 11.6 Å². The third kappa shape index (κ3) is 3.49. The molecule has 0 spiro atoms. The zero-order valence-corrected chi connectivity index (χ0v) is 12.1. The van der Waals surface area contributed by atoms with Gasteiger partial charge in [-0.2, -0.15) is 8.42 Å². The van der Waals surface area contributed by atoms with Crippen LogP contribution < -0.4 is 4.18 Å². The van der Waals surface area contributed by atoms with Crippen molar-refractivity contribution in [1.29, 1.82) is 0 Å². The van der Waals surface area contributed by atoms with Crippen molar-refractivity contribution in [2.75, 3.05) is 12.1 Å². The molecule has 0 N–H and O–H groups in total. The van der Waals surface area contributed by atoms with Crippen LogP contribution in [0.4, 0.5) is 0 Å². The molecule has 0 fully saturated rings. The number of para-hydroxylation sites is 1. The number of hydrogen-bond acceptors (Lipinski definition) is 6. The summed E-state index contributed by atoms with van der Waals surface area (Å²) in [6.45, 7) is 0. The van der Waals surface area contributed by atoms with Crippen LogP contribution in [0.15, 0.2) is 29.4 Å². The first-order valence-electron chi connectivity index (χ1n) is 5.71. The zero-order chi connectivity index (χ0) is 14.8. The van der Waals surface area contributed by atoms with Crippen LogP contribution in [0.3, 0.4) is 0 Å². The van der Waals surface area contributed by atoms with E-state index in [4.69, 9.17) is 20.6 Å². The Bertz CT molecular complexity index is 656. The van der Waals surface area contributed by atoms with Gasteiger partial charge in [-0.25, -0.2) is 0 Å². The molecule has 0 aliphatic carbocycles. The Morgan fingerprint density at radius 3 is 2.85 bits per heavy atom. The highest BCUT2D eigenvalue weighted by molar-refractivity contribution is 7.86. The van der Waals surface area contributed by atoms with Crippen molar-refractivity contribution in [1.82, 2.24) is 0 Å². The Hall–Kier alpha value is -1.60. The molecule has 0 amide bonds. The molecule has 8 heteroatoms. The number of rotatable bonds is 5. The summed E-state index contributed by atoms with van der Waals surface area (Å²) in [6, 6.07) is 6.54. The molecule has 1 heterocycles. The minimum Gasteiger partial charge on any atom is -0.387 e. The van der Waals surface area contributed by atoms with E-state index in [1.165, 1.54) is 6.07 Å². The van der Waals surface area contributed by atoms with Crippen LogP contribution in [0.25, 0.3) is 0 Å². The molecule has 0 unspecified atom stereocenters. The van der Waals surface area contributed by atoms with Gasteiger partial charge in [0.25, 0.3) is 0 Å². The lowest BCUT2D eigenvalue weighted by molar-refractivity contribution is -0.110. The summed E-state index contributed by atoms with van der Waals surface area (Å²) < 4.78 is 27.3. The van der Waals surface area contributed by atoms with Gasteiger partial charge in [0.1, 0.15) is 11.5 Å². The molecule has 2 rings (SSSR count). The van der Waals surface area contributed by atoms with Crippen molar-refractivity contribution in [3.05, 3.63) is 29.8 Å². The van der Waals surface area contributed by atoms with Gasteiger partial charge in [0.15, 0.2) is 11.9 Å². The summed E-state index contributed by atoms with van der Waals surface area (Å²) in [5.41, 5.74) is 0.748. The number of oxime groups is 1. The maximum atomic E-state index is 11.4. The first-order valence-corrected chi connectivity index (χ1v) is 8.06. The van der Waals surface area contributed by atoms with E-state index < -0.39 is 16.2 Å². The molecule has 1 aliphatic rings. The van der Waals surface area contributed by atoms with Gasteiger partial charge < -0.3 is 9.02 Å². The lowest BCUT2D eigenvalue weighted by Gasteiger charge is -2.13. The molecule has 0 saturated heterocycles. The van der Waals surface area contributed by atoms with Crippen molar-refractivity contribution < 1.29 is 22.2 Å². The van der Waals surface area contributed by atoms with E-state index in [-0.39, 0.29) is 29.5 Å². The fourth-order valence-corrected chi connectivity index (χ4v) is 2.40. The molecule has 1 atom stereocenters. The third-order valence-corrected chi connectivity index (χ3v) is 3.34. The molecule has 0 radical (unpaired) electrons. The Morgan fingerprint density at radius 1 is 1.50 bits per heavy atom. The lowest BCUT2D eigenvalue weighted by atomic mass is 10.0. The molecule has 108 valence electrons. The largest absolute Gasteiger partial charge is 0.387 e. The van der Waals surface area contributed by atoms with Crippen LogP contribution in [-0.2, 0) is 19.8 Å². The number of benzene rings is 1. The Morgan fingerprint density at radius 2 is 2.20 bits per heavy atom. The molecule has 0 aromatic heterocycles. The van der Waals surface area contributed by atoms with Crippen LogP contribution in [0, 0.1) is 0 Å². The number of alkyl halides is 1. The smallest absolute Gasteiger partial charge is 0.306 e. The van der Waals surface area contributed by atoms with Gasteiger partial charge in [-0.1, -0.05) is 23.4 Å². The van der Waals surface area contributed by atoms with Crippen LogP contribution in [0.5, 0.6) is 5.75 Å². The van der Waals surface area contributed by atoms with Gasteiger partial charge in [-0.15, -0.1) is 11.6 Å². The van der Waals surface area contributed by atoms with E-state index in [1.54, 1.807) is 18.2 Å². The number of ketones is 1. The van der Waals surface area contributed by atoms with E-state index in [9.17, 15) is 13.2 Å². The summed E-state index contributed by atoms with van der Waals surface area (Å²) in [5, 5.41) is 3.68. The number of carbonyl (C=O) groups is 1. The lowest BCUT2D eigenvalue weighted by Crippen LogP contribution is -2.14. The van der Waals surface area contributed by atoms with E-state index in [2.05, 4.69) is 5.16 Å². The highest BCUT2D eigenvalue weighted by atomic mass is 35.5.